The molecule has 0 spiro atoms. The third-order valence-corrected chi connectivity index (χ3v) is 6.34. The predicted molar refractivity (Wildman–Crippen MR) is 76.1 cm³/mol. The summed E-state index contributed by atoms with van der Waals surface area (Å²) in [5, 5.41) is 5.08. The summed E-state index contributed by atoms with van der Waals surface area (Å²) < 4.78 is 0. The van der Waals surface area contributed by atoms with Gasteiger partial charge in [0.2, 0.25) is 0 Å². The van der Waals surface area contributed by atoms with Crippen LogP contribution >= 0.6 is 23.1 Å². The molecule has 2 nitrogen and oxygen atoms in total. The van der Waals surface area contributed by atoms with E-state index in [1.54, 1.807) is 4.88 Å². The molecule has 1 unspecified atom stereocenters. The van der Waals surface area contributed by atoms with E-state index in [1.165, 1.54) is 54.3 Å². The van der Waals surface area contributed by atoms with E-state index >= 15 is 0 Å². The fraction of sp³-hybridized carbons (Fsp3) is 0.769. The van der Waals surface area contributed by atoms with Gasteiger partial charge < -0.3 is 5.32 Å². The van der Waals surface area contributed by atoms with Gasteiger partial charge in [-0.3, -0.25) is 0 Å². The van der Waals surface area contributed by atoms with E-state index in [4.69, 9.17) is 4.98 Å². The number of thioether (sulfide) groups is 1. The van der Waals surface area contributed by atoms with E-state index in [9.17, 15) is 0 Å². The van der Waals surface area contributed by atoms with Crippen molar-refractivity contribution in [1.82, 2.24) is 10.3 Å². The normalized spacial score (nSPS) is 28.3. The minimum atomic E-state index is 0.196. The Morgan fingerprint density at radius 2 is 2.24 bits per heavy atom. The predicted octanol–water partition coefficient (Wildman–Crippen LogP) is 2.96. The Balaban J connectivity index is 1.93. The van der Waals surface area contributed by atoms with Crippen molar-refractivity contribution in [3.8, 4) is 0 Å². The van der Waals surface area contributed by atoms with Gasteiger partial charge in [0.15, 0.2) is 0 Å². The van der Waals surface area contributed by atoms with Gasteiger partial charge in [-0.25, -0.2) is 4.98 Å². The van der Waals surface area contributed by atoms with Crippen LogP contribution in [0.15, 0.2) is 0 Å². The highest BCUT2D eigenvalue weighted by Crippen LogP contribution is 2.40. The second-order valence-corrected chi connectivity index (χ2v) is 7.20. The van der Waals surface area contributed by atoms with E-state index in [0.29, 0.717) is 0 Å². The van der Waals surface area contributed by atoms with Crippen molar-refractivity contribution in [3.63, 3.8) is 0 Å². The van der Waals surface area contributed by atoms with Crippen LogP contribution in [0.4, 0.5) is 0 Å². The van der Waals surface area contributed by atoms with E-state index in [2.05, 4.69) is 24.0 Å². The number of hydrogen-bond donors (Lipinski definition) is 1. The van der Waals surface area contributed by atoms with Crippen LogP contribution in [0.1, 0.15) is 41.8 Å². The van der Waals surface area contributed by atoms with Crippen molar-refractivity contribution >= 4 is 23.1 Å². The highest BCUT2D eigenvalue weighted by Gasteiger charge is 2.38. The first-order valence-corrected chi connectivity index (χ1v) is 8.63. The molecule has 0 bridgehead atoms. The smallest absolute Gasteiger partial charge is 0.114 e. The summed E-state index contributed by atoms with van der Waals surface area (Å²) in [5.41, 5.74) is 1.60. The topological polar surface area (TPSA) is 24.9 Å². The highest BCUT2D eigenvalue weighted by atomic mass is 32.2. The molecule has 1 N–H and O–H groups in total. The van der Waals surface area contributed by atoms with Gasteiger partial charge in [-0.2, -0.15) is 11.8 Å². The average molecular weight is 268 g/mol. The molecule has 2 aliphatic rings. The zero-order chi connectivity index (χ0) is 11.7. The Bertz CT molecular complexity index is 371. The molecule has 0 saturated carbocycles. The van der Waals surface area contributed by atoms with Crippen molar-refractivity contribution < 1.29 is 0 Å². The van der Waals surface area contributed by atoms with Crippen LogP contribution in [0.2, 0.25) is 0 Å². The van der Waals surface area contributed by atoms with Crippen LogP contribution in [-0.4, -0.2) is 23.0 Å². The monoisotopic (exact) mass is 268 g/mol. The van der Waals surface area contributed by atoms with Gasteiger partial charge in [-0.1, -0.05) is 6.92 Å². The summed E-state index contributed by atoms with van der Waals surface area (Å²) in [6, 6.07) is 0. The molecule has 1 fully saturated rings. The molecule has 3 rings (SSSR count). The van der Waals surface area contributed by atoms with E-state index in [1.807, 2.05) is 11.3 Å². The van der Waals surface area contributed by atoms with Crippen molar-refractivity contribution in [2.75, 3.05) is 18.1 Å². The second-order valence-electron chi connectivity index (χ2n) is 5.01. The lowest BCUT2D eigenvalue weighted by atomic mass is 9.99. The number of rotatable bonds is 3. The van der Waals surface area contributed by atoms with Gasteiger partial charge in [0.1, 0.15) is 5.01 Å². The molecule has 94 valence electrons. The molecule has 0 aromatic carbocycles. The molecule has 1 aromatic heterocycles. The lowest BCUT2D eigenvalue weighted by Gasteiger charge is -2.26. The molecule has 0 amide bonds. The number of nitrogens with one attached hydrogen (secondary N) is 1. The average Bonchev–Trinajstić information content (AvgIpc) is 2.95. The van der Waals surface area contributed by atoms with Crippen LogP contribution in [0.3, 0.4) is 0 Å². The molecule has 1 saturated heterocycles. The van der Waals surface area contributed by atoms with E-state index in [-0.39, 0.29) is 5.54 Å². The molecule has 17 heavy (non-hydrogen) atoms. The molecule has 1 aromatic rings. The largest absolute Gasteiger partial charge is 0.305 e. The summed E-state index contributed by atoms with van der Waals surface area (Å²) in [6.07, 6.45) is 6.41. The van der Waals surface area contributed by atoms with Crippen molar-refractivity contribution in [1.29, 1.82) is 0 Å². The van der Waals surface area contributed by atoms with Gasteiger partial charge in [0.25, 0.3) is 0 Å². The first-order valence-electron chi connectivity index (χ1n) is 6.66. The fourth-order valence-corrected chi connectivity index (χ4v) is 5.65. The molecular weight excluding hydrogens is 248 g/mol. The molecular formula is C13H20N2S2. The highest BCUT2D eigenvalue weighted by molar-refractivity contribution is 7.99. The van der Waals surface area contributed by atoms with Crippen LogP contribution < -0.4 is 5.32 Å². The summed E-state index contributed by atoms with van der Waals surface area (Å²) in [5.74, 6) is 2.48. The first kappa shape index (κ1) is 12.0. The number of aromatic nitrogens is 1. The summed E-state index contributed by atoms with van der Waals surface area (Å²) in [7, 11) is 0. The van der Waals surface area contributed by atoms with Crippen molar-refractivity contribution in [3.05, 3.63) is 15.6 Å². The maximum absolute atomic E-state index is 4.97. The molecule has 1 atom stereocenters. The van der Waals surface area contributed by atoms with Crippen LogP contribution in [0, 0.1) is 0 Å². The van der Waals surface area contributed by atoms with Gasteiger partial charge in [0.05, 0.1) is 11.2 Å². The third kappa shape index (κ3) is 2.15. The van der Waals surface area contributed by atoms with Gasteiger partial charge in [-0.15, -0.1) is 11.3 Å². The molecule has 0 radical (unpaired) electrons. The van der Waals surface area contributed by atoms with Gasteiger partial charge >= 0.3 is 0 Å². The van der Waals surface area contributed by atoms with Crippen LogP contribution in [0.5, 0.6) is 0 Å². The zero-order valence-corrected chi connectivity index (χ0v) is 12.1. The Kier molecular flexibility index (Phi) is 3.46. The van der Waals surface area contributed by atoms with Gasteiger partial charge in [-0.05, 0) is 44.4 Å². The molecule has 4 heteroatoms. The number of aryl methyl sites for hydroxylation is 2. The molecule has 1 aliphatic carbocycles. The number of thiazole rings is 1. The quantitative estimate of drug-likeness (QED) is 0.912. The maximum atomic E-state index is 4.97. The number of hydrogen-bond acceptors (Lipinski definition) is 4. The second kappa shape index (κ2) is 4.90. The van der Waals surface area contributed by atoms with Crippen LogP contribution in [-0.2, 0) is 18.4 Å². The summed E-state index contributed by atoms with van der Waals surface area (Å²) in [6.45, 7) is 3.25. The Labute approximate surface area is 112 Å². The van der Waals surface area contributed by atoms with Crippen molar-refractivity contribution in [2.24, 2.45) is 0 Å². The third-order valence-electron chi connectivity index (χ3n) is 3.79. The number of fused-ring (bicyclic) bond motifs is 1. The minimum Gasteiger partial charge on any atom is -0.305 e. The van der Waals surface area contributed by atoms with Crippen LogP contribution in [0.25, 0.3) is 0 Å². The fourth-order valence-electron chi connectivity index (χ4n) is 2.84. The SMILES string of the molecule is CCNC1(c2nc3c(s2)CCCC3)CCSC1. The molecule has 1 aliphatic heterocycles. The lowest BCUT2D eigenvalue weighted by molar-refractivity contribution is 0.384. The lowest BCUT2D eigenvalue weighted by Crippen LogP contribution is -2.42. The maximum Gasteiger partial charge on any atom is 0.114 e. The Morgan fingerprint density at radius 3 is 2.94 bits per heavy atom. The van der Waals surface area contributed by atoms with E-state index in [0.717, 1.165) is 6.54 Å². The Hall–Kier alpha value is -0.0600. The minimum absolute atomic E-state index is 0.196. The zero-order valence-electron chi connectivity index (χ0n) is 10.4. The summed E-state index contributed by atoms with van der Waals surface area (Å²) in [4.78, 5) is 6.54. The standard InChI is InChI=1S/C13H20N2S2/c1-2-14-13(7-8-16-9-13)12-15-10-5-3-4-6-11(10)17-12/h14H,2-9H2,1H3. The van der Waals surface area contributed by atoms with Gasteiger partial charge in [0, 0.05) is 10.6 Å². The first-order chi connectivity index (χ1) is 8.34. The molecule has 2 heterocycles. The van der Waals surface area contributed by atoms with E-state index < -0.39 is 0 Å². The Morgan fingerprint density at radius 1 is 1.35 bits per heavy atom. The number of nitrogens with zero attached hydrogens (tertiary/aromatic N) is 1. The summed E-state index contributed by atoms with van der Waals surface area (Å²) >= 11 is 4.05. The van der Waals surface area contributed by atoms with Crippen molar-refractivity contribution in [2.45, 2.75) is 44.6 Å².